The molecule has 148 valence electrons. The number of aromatic nitrogens is 3. The van der Waals surface area contributed by atoms with E-state index in [-0.39, 0.29) is 21.0 Å². The Morgan fingerprint density at radius 2 is 1.79 bits per heavy atom. The summed E-state index contributed by atoms with van der Waals surface area (Å²) in [5, 5.41) is 7.59. The molecular weight excluding hydrogens is 403 g/mol. The van der Waals surface area contributed by atoms with Gasteiger partial charge in [-0.2, -0.15) is 0 Å². The first-order chi connectivity index (χ1) is 13.0. The van der Waals surface area contributed by atoms with Crippen molar-refractivity contribution in [3.05, 3.63) is 59.1 Å². The Morgan fingerprint density at radius 3 is 2.32 bits per heavy atom. The normalized spacial score (nSPS) is 12.2. The largest absolute Gasteiger partial charge is 0.317 e. The van der Waals surface area contributed by atoms with Crippen LogP contribution in [0.4, 0.5) is 10.1 Å². The molecule has 9 heteroatoms. The van der Waals surface area contributed by atoms with Gasteiger partial charge in [-0.05, 0) is 29.2 Å². The molecule has 0 saturated carbocycles. The number of hydrogen-bond donors (Lipinski definition) is 1. The Hall–Kier alpha value is -2.45. The smallest absolute Gasteiger partial charge is 0.261 e. The molecule has 1 aromatic heterocycles. The maximum absolute atomic E-state index is 14.1. The van der Waals surface area contributed by atoms with Gasteiger partial charge in [0.15, 0.2) is 5.82 Å². The van der Waals surface area contributed by atoms with Crippen molar-refractivity contribution in [2.75, 3.05) is 4.72 Å². The van der Waals surface area contributed by atoms with E-state index in [0.717, 1.165) is 11.6 Å². The van der Waals surface area contributed by atoms with Gasteiger partial charge in [-0.15, -0.1) is 10.2 Å². The molecule has 6 nitrogen and oxygen atoms in total. The summed E-state index contributed by atoms with van der Waals surface area (Å²) in [5.74, 6) is -0.393. The lowest BCUT2D eigenvalue weighted by molar-refractivity contribution is 0.587. The number of rotatable bonds is 4. The number of nitrogens with one attached hydrogen (secondary N) is 1. The summed E-state index contributed by atoms with van der Waals surface area (Å²) in [6.45, 7) is 6.12. The molecule has 0 unspecified atom stereocenters. The van der Waals surface area contributed by atoms with Crippen LogP contribution >= 0.6 is 11.6 Å². The first-order valence-electron chi connectivity index (χ1n) is 8.46. The van der Waals surface area contributed by atoms with E-state index in [0.29, 0.717) is 11.4 Å². The molecule has 0 amide bonds. The van der Waals surface area contributed by atoms with Crippen molar-refractivity contribution in [1.82, 2.24) is 14.8 Å². The molecular formula is C19H20ClFN4O2S. The van der Waals surface area contributed by atoms with E-state index >= 15 is 0 Å². The van der Waals surface area contributed by atoms with Crippen LogP contribution in [0.15, 0.2) is 47.6 Å². The van der Waals surface area contributed by atoms with Crippen molar-refractivity contribution in [2.45, 2.75) is 31.1 Å². The van der Waals surface area contributed by atoms with Gasteiger partial charge in [0.2, 0.25) is 0 Å². The van der Waals surface area contributed by atoms with Crippen molar-refractivity contribution >= 4 is 27.3 Å². The number of hydrogen-bond acceptors (Lipinski definition) is 4. The Bertz CT molecular complexity index is 1120. The van der Waals surface area contributed by atoms with Gasteiger partial charge in [-0.1, -0.05) is 44.5 Å². The molecule has 1 N–H and O–H groups in total. The molecule has 0 aliphatic carbocycles. The summed E-state index contributed by atoms with van der Waals surface area (Å²) in [4.78, 5) is 0.0692. The SMILES string of the molecule is Cn1cnnc1-c1cc(Cl)c(F)cc1NS(=O)(=O)c1ccc(C(C)(C)C)cc1. The van der Waals surface area contributed by atoms with Gasteiger partial charge in [0, 0.05) is 18.7 Å². The summed E-state index contributed by atoms with van der Waals surface area (Å²) < 4.78 is 43.8. The minimum atomic E-state index is -3.95. The third kappa shape index (κ3) is 4.02. The third-order valence-corrected chi connectivity index (χ3v) is 5.96. The molecule has 0 radical (unpaired) electrons. The van der Waals surface area contributed by atoms with Crippen molar-refractivity contribution in [1.29, 1.82) is 0 Å². The van der Waals surface area contributed by atoms with Crippen molar-refractivity contribution in [2.24, 2.45) is 7.05 Å². The number of sulfonamides is 1. The van der Waals surface area contributed by atoms with Gasteiger partial charge < -0.3 is 4.57 Å². The van der Waals surface area contributed by atoms with Crippen LogP contribution in [-0.4, -0.2) is 23.2 Å². The number of nitrogens with zero attached hydrogens (tertiary/aromatic N) is 3. The molecule has 0 fully saturated rings. The lowest BCUT2D eigenvalue weighted by atomic mass is 9.87. The van der Waals surface area contributed by atoms with E-state index in [4.69, 9.17) is 11.6 Å². The highest BCUT2D eigenvalue weighted by atomic mass is 35.5. The Kier molecular flexibility index (Phi) is 5.20. The maximum Gasteiger partial charge on any atom is 0.261 e. The average molecular weight is 423 g/mol. The second-order valence-corrected chi connectivity index (χ2v) is 9.55. The molecule has 3 rings (SSSR count). The van der Waals surface area contributed by atoms with Crippen LogP contribution in [0.1, 0.15) is 26.3 Å². The number of benzene rings is 2. The quantitative estimate of drug-likeness (QED) is 0.677. The molecule has 0 aliphatic heterocycles. The fraction of sp³-hybridized carbons (Fsp3) is 0.263. The zero-order valence-electron chi connectivity index (χ0n) is 15.9. The Balaban J connectivity index is 2.03. The maximum atomic E-state index is 14.1. The number of halogens is 2. The number of anilines is 1. The average Bonchev–Trinajstić information content (AvgIpc) is 3.03. The van der Waals surface area contributed by atoms with E-state index in [1.807, 2.05) is 20.8 Å². The lowest BCUT2D eigenvalue weighted by Gasteiger charge is -2.19. The first-order valence-corrected chi connectivity index (χ1v) is 10.3. The van der Waals surface area contributed by atoms with E-state index in [9.17, 15) is 12.8 Å². The predicted molar refractivity (Wildman–Crippen MR) is 107 cm³/mol. The highest BCUT2D eigenvalue weighted by Crippen LogP contribution is 2.33. The summed E-state index contributed by atoms with van der Waals surface area (Å²) in [6.07, 6.45) is 1.45. The topological polar surface area (TPSA) is 76.9 Å². The molecule has 0 saturated heterocycles. The van der Waals surface area contributed by atoms with Crippen LogP contribution in [0.5, 0.6) is 0 Å². The van der Waals surface area contributed by atoms with E-state index in [2.05, 4.69) is 14.9 Å². The van der Waals surface area contributed by atoms with Crippen LogP contribution in [0, 0.1) is 5.82 Å². The summed E-state index contributed by atoms with van der Waals surface area (Å²) >= 11 is 5.89. The summed E-state index contributed by atoms with van der Waals surface area (Å²) in [7, 11) is -2.26. The van der Waals surface area contributed by atoms with E-state index in [1.54, 1.807) is 23.7 Å². The van der Waals surface area contributed by atoms with Gasteiger partial charge in [-0.25, -0.2) is 12.8 Å². The Labute approximate surface area is 168 Å². The van der Waals surface area contributed by atoms with E-state index in [1.165, 1.54) is 24.5 Å². The first kappa shape index (κ1) is 20.3. The summed E-state index contributed by atoms with van der Waals surface area (Å²) in [6, 6.07) is 8.93. The molecule has 1 heterocycles. The van der Waals surface area contributed by atoms with Crippen LogP contribution in [0.3, 0.4) is 0 Å². The van der Waals surface area contributed by atoms with Gasteiger partial charge in [0.25, 0.3) is 10.0 Å². The molecule has 0 spiro atoms. The van der Waals surface area contributed by atoms with Crippen LogP contribution in [0.2, 0.25) is 5.02 Å². The minimum absolute atomic E-state index is 0.0258. The number of aryl methyl sites for hydroxylation is 1. The standard InChI is InChI=1S/C19H20ClFN4O2S/c1-19(2,3)12-5-7-13(8-6-12)28(26,27)24-17-10-16(21)15(20)9-14(17)18-23-22-11-25(18)4/h5-11,24H,1-4H3. The van der Waals surface area contributed by atoms with Crippen LogP contribution in [-0.2, 0) is 22.5 Å². The summed E-state index contributed by atoms with van der Waals surface area (Å²) in [5.41, 5.74) is 1.25. The minimum Gasteiger partial charge on any atom is -0.317 e. The zero-order valence-corrected chi connectivity index (χ0v) is 17.4. The van der Waals surface area contributed by atoms with Gasteiger partial charge in [0.05, 0.1) is 15.6 Å². The van der Waals surface area contributed by atoms with Gasteiger partial charge in [-0.3, -0.25) is 4.72 Å². The van der Waals surface area contributed by atoms with Crippen molar-refractivity contribution in [3.63, 3.8) is 0 Å². The molecule has 28 heavy (non-hydrogen) atoms. The van der Waals surface area contributed by atoms with Crippen molar-refractivity contribution < 1.29 is 12.8 Å². The third-order valence-electron chi connectivity index (χ3n) is 4.29. The highest BCUT2D eigenvalue weighted by molar-refractivity contribution is 7.92. The Morgan fingerprint density at radius 1 is 1.14 bits per heavy atom. The highest BCUT2D eigenvalue weighted by Gasteiger charge is 2.21. The van der Waals surface area contributed by atoms with E-state index < -0.39 is 15.8 Å². The lowest BCUT2D eigenvalue weighted by Crippen LogP contribution is -2.16. The van der Waals surface area contributed by atoms with Crippen LogP contribution < -0.4 is 4.72 Å². The van der Waals surface area contributed by atoms with Crippen molar-refractivity contribution in [3.8, 4) is 11.4 Å². The molecule has 3 aromatic rings. The zero-order chi connectivity index (χ0) is 20.7. The predicted octanol–water partition coefficient (Wildman–Crippen LogP) is 4.37. The van der Waals surface area contributed by atoms with Gasteiger partial charge >= 0.3 is 0 Å². The van der Waals surface area contributed by atoms with Gasteiger partial charge in [0.1, 0.15) is 12.1 Å². The fourth-order valence-electron chi connectivity index (χ4n) is 2.68. The monoisotopic (exact) mass is 422 g/mol. The molecule has 2 aromatic carbocycles. The molecule has 0 aliphatic rings. The molecule has 0 bridgehead atoms. The second kappa shape index (κ2) is 7.18. The molecule has 0 atom stereocenters. The second-order valence-electron chi connectivity index (χ2n) is 7.46. The van der Waals surface area contributed by atoms with Crippen LogP contribution in [0.25, 0.3) is 11.4 Å². The fourth-order valence-corrected chi connectivity index (χ4v) is 3.92.